The number of thiazole rings is 2. The summed E-state index contributed by atoms with van der Waals surface area (Å²) in [6.07, 6.45) is 5.05. The van der Waals surface area contributed by atoms with E-state index in [0.717, 1.165) is 36.5 Å². The van der Waals surface area contributed by atoms with E-state index in [-0.39, 0.29) is 0 Å². The molecule has 2 N–H and O–H groups in total. The topological polar surface area (TPSA) is 51.8 Å². The molecule has 2 heterocycles. The Kier molecular flexibility index (Phi) is 3.82. The minimum atomic E-state index is 0.769. The van der Waals surface area contributed by atoms with Gasteiger partial charge < -0.3 is 5.73 Å². The summed E-state index contributed by atoms with van der Waals surface area (Å²) >= 11 is 3.34. The molecule has 0 aliphatic carbocycles. The van der Waals surface area contributed by atoms with Crippen LogP contribution in [-0.2, 0) is 6.42 Å². The molecule has 0 saturated carbocycles. The number of aryl methyl sites for hydroxylation is 1. The first kappa shape index (κ1) is 10.7. The van der Waals surface area contributed by atoms with Gasteiger partial charge in [-0.05, 0) is 25.8 Å². The monoisotopic (exact) mass is 239 g/mol. The summed E-state index contributed by atoms with van der Waals surface area (Å²) < 4.78 is 0. The van der Waals surface area contributed by atoms with Gasteiger partial charge in [0.2, 0.25) is 0 Å². The minimum Gasteiger partial charge on any atom is -0.330 e. The number of unbranched alkanes of at least 4 members (excludes halogenated alkanes) is 1. The summed E-state index contributed by atoms with van der Waals surface area (Å²) in [5.41, 5.74) is 6.46. The van der Waals surface area contributed by atoms with E-state index in [4.69, 9.17) is 5.73 Å². The highest BCUT2D eigenvalue weighted by Gasteiger charge is 2.05. The zero-order chi connectivity index (χ0) is 10.5. The average Bonchev–Trinajstić information content (AvgIpc) is 2.87. The molecule has 5 heteroatoms. The Hall–Kier alpha value is -0.780. The van der Waals surface area contributed by atoms with Crippen LogP contribution in [0.3, 0.4) is 0 Å². The smallest absolute Gasteiger partial charge is 0.142 e. The molecule has 0 aliphatic heterocycles. The van der Waals surface area contributed by atoms with Gasteiger partial charge in [0.05, 0.1) is 5.01 Å². The van der Waals surface area contributed by atoms with Crippen molar-refractivity contribution in [1.29, 1.82) is 0 Å². The summed E-state index contributed by atoms with van der Waals surface area (Å²) in [6, 6.07) is 0. The zero-order valence-corrected chi connectivity index (χ0v) is 9.98. The summed E-state index contributed by atoms with van der Waals surface area (Å²) in [6.45, 7) is 0.769. The molecule has 2 aromatic heterocycles. The lowest BCUT2D eigenvalue weighted by Gasteiger charge is -1.93. The van der Waals surface area contributed by atoms with Crippen LogP contribution in [0.4, 0.5) is 0 Å². The number of nitrogens with two attached hydrogens (primary N) is 1. The predicted octanol–water partition coefficient (Wildman–Crippen LogP) is 2.55. The summed E-state index contributed by atoms with van der Waals surface area (Å²) in [4.78, 5) is 8.79. The van der Waals surface area contributed by atoms with Crippen molar-refractivity contribution in [2.75, 3.05) is 6.54 Å². The molecule has 0 fully saturated rings. The Morgan fingerprint density at radius 1 is 1.27 bits per heavy atom. The molecule has 2 rings (SSSR count). The first-order valence-corrected chi connectivity index (χ1v) is 6.70. The Morgan fingerprint density at radius 2 is 2.20 bits per heavy atom. The van der Waals surface area contributed by atoms with Crippen molar-refractivity contribution in [1.82, 2.24) is 9.97 Å². The second kappa shape index (κ2) is 5.34. The Labute approximate surface area is 97.0 Å². The molecule has 0 saturated heterocycles. The highest BCUT2D eigenvalue weighted by molar-refractivity contribution is 7.14. The van der Waals surface area contributed by atoms with E-state index in [1.165, 1.54) is 5.01 Å². The average molecular weight is 239 g/mol. The van der Waals surface area contributed by atoms with Crippen LogP contribution in [-0.4, -0.2) is 16.5 Å². The molecule has 0 atom stereocenters. The van der Waals surface area contributed by atoms with Crippen LogP contribution >= 0.6 is 22.7 Å². The van der Waals surface area contributed by atoms with Gasteiger partial charge in [-0.3, -0.25) is 0 Å². The Morgan fingerprint density at radius 3 is 2.93 bits per heavy atom. The summed E-state index contributed by atoms with van der Waals surface area (Å²) in [5.74, 6) is 0. The largest absolute Gasteiger partial charge is 0.330 e. The number of aromatic nitrogens is 2. The van der Waals surface area contributed by atoms with Crippen molar-refractivity contribution in [3.05, 3.63) is 22.0 Å². The van der Waals surface area contributed by atoms with E-state index in [9.17, 15) is 0 Å². The van der Waals surface area contributed by atoms with E-state index in [0.29, 0.717) is 0 Å². The fourth-order valence-electron chi connectivity index (χ4n) is 1.29. The first-order chi connectivity index (χ1) is 7.40. The Bertz CT molecular complexity index is 394. The molecule has 2 aromatic rings. The van der Waals surface area contributed by atoms with Crippen LogP contribution in [0.2, 0.25) is 0 Å². The van der Waals surface area contributed by atoms with Gasteiger partial charge >= 0.3 is 0 Å². The number of nitrogens with zero attached hydrogens (tertiary/aromatic N) is 2. The normalized spacial score (nSPS) is 10.7. The van der Waals surface area contributed by atoms with Gasteiger partial charge in [0.1, 0.15) is 10.7 Å². The minimum absolute atomic E-state index is 0.769. The maximum atomic E-state index is 5.45. The lowest BCUT2D eigenvalue weighted by Crippen LogP contribution is -1.98. The molecule has 15 heavy (non-hydrogen) atoms. The fraction of sp³-hybridized carbons (Fsp3) is 0.400. The van der Waals surface area contributed by atoms with Gasteiger partial charge in [-0.1, -0.05) is 0 Å². The summed E-state index contributed by atoms with van der Waals surface area (Å²) in [5, 5.41) is 6.25. The number of rotatable bonds is 5. The van der Waals surface area contributed by atoms with Crippen LogP contribution in [0.5, 0.6) is 0 Å². The number of hydrogen-bond donors (Lipinski definition) is 1. The Balaban J connectivity index is 1.98. The van der Waals surface area contributed by atoms with Crippen LogP contribution in [0.25, 0.3) is 10.7 Å². The van der Waals surface area contributed by atoms with Crippen molar-refractivity contribution in [3.63, 3.8) is 0 Å². The van der Waals surface area contributed by atoms with E-state index >= 15 is 0 Å². The van der Waals surface area contributed by atoms with E-state index in [2.05, 4.69) is 15.3 Å². The lowest BCUT2D eigenvalue weighted by molar-refractivity contribution is 0.742. The van der Waals surface area contributed by atoms with Gasteiger partial charge in [0, 0.05) is 17.0 Å². The van der Waals surface area contributed by atoms with E-state index < -0.39 is 0 Å². The van der Waals surface area contributed by atoms with Crippen molar-refractivity contribution in [2.24, 2.45) is 5.73 Å². The lowest BCUT2D eigenvalue weighted by atomic mass is 10.2. The van der Waals surface area contributed by atoms with Crippen LogP contribution in [0.15, 0.2) is 17.0 Å². The van der Waals surface area contributed by atoms with Gasteiger partial charge in [-0.15, -0.1) is 22.7 Å². The van der Waals surface area contributed by atoms with Crippen molar-refractivity contribution < 1.29 is 0 Å². The highest BCUT2D eigenvalue weighted by Crippen LogP contribution is 2.24. The van der Waals surface area contributed by atoms with E-state index in [1.54, 1.807) is 22.7 Å². The zero-order valence-electron chi connectivity index (χ0n) is 8.35. The van der Waals surface area contributed by atoms with Gasteiger partial charge in [0.15, 0.2) is 0 Å². The molecule has 0 unspecified atom stereocenters. The third-order valence-electron chi connectivity index (χ3n) is 2.05. The molecule has 0 radical (unpaired) electrons. The summed E-state index contributed by atoms with van der Waals surface area (Å²) in [7, 11) is 0. The van der Waals surface area contributed by atoms with Gasteiger partial charge in [0.25, 0.3) is 0 Å². The quantitative estimate of drug-likeness (QED) is 0.816. The molecule has 0 aromatic carbocycles. The molecule has 0 aliphatic rings. The second-order valence-electron chi connectivity index (χ2n) is 3.21. The molecule has 3 nitrogen and oxygen atoms in total. The highest BCUT2D eigenvalue weighted by atomic mass is 32.1. The van der Waals surface area contributed by atoms with Crippen molar-refractivity contribution >= 4 is 22.7 Å². The molecule has 0 spiro atoms. The van der Waals surface area contributed by atoms with Crippen molar-refractivity contribution in [2.45, 2.75) is 19.3 Å². The molecule has 80 valence electrons. The van der Waals surface area contributed by atoms with Gasteiger partial charge in [-0.2, -0.15) is 0 Å². The SMILES string of the molecule is NCCCCc1nc(-c2nccs2)cs1. The first-order valence-electron chi connectivity index (χ1n) is 4.94. The predicted molar refractivity (Wildman–Crippen MR) is 65.2 cm³/mol. The second-order valence-corrected chi connectivity index (χ2v) is 5.05. The van der Waals surface area contributed by atoms with Crippen LogP contribution < -0.4 is 5.73 Å². The maximum Gasteiger partial charge on any atom is 0.142 e. The van der Waals surface area contributed by atoms with Crippen LogP contribution in [0.1, 0.15) is 17.8 Å². The maximum absolute atomic E-state index is 5.45. The molecular weight excluding hydrogens is 226 g/mol. The van der Waals surface area contributed by atoms with E-state index in [1.807, 2.05) is 11.6 Å². The molecule has 0 amide bonds. The fourth-order valence-corrected chi connectivity index (χ4v) is 2.79. The standard InChI is InChI=1S/C10H13N3S2/c11-4-2-1-3-9-13-8(7-15-9)10-12-5-6-14-10/h5-7H,1-4,11H2. The molecule has 0 bridgehead atoms. The van der Waals surface area contributed by atoms with Crippen molar-refractivity contribution in [3.8, 4) is 10.7 Å². The third-order valence-corrected chi connectivity index (χ3v) is 3.75. The third kappa shape index (κ3) is 2.84. The van der Waals surface area contributed by atoms with Crippen LogP contribution in [0, 0.1) is 0 Å². The number of hydrogen-bond acceptors (Lipinski definition) is 5. The van der Waals surface area contributed by atoms with Gasteiger partial charge in [-0.25, -0.2) is 9.97 Å². The molecular formula is C10H13N3S2.